The fourth-order valence-electron chi connectivity index (χ4n) is 2.91. The van der Waals surface area contributed by atoms with Crippen LogP contribution >= 0.6 is 0 Å². The number of nitrogens with zero attached hydrogens (tertiary/aromatic N) is 4. The van der Waals surface area contributed by atoms with Gasteiger partial charge in [0.25, 0.3) is 0 Å². The lowest BCUT2D eigenvalue weighted by molar-refractivity contribution is 0.0946. The van der Waals surface area contributed by atoms with Crippen LogP contribution in [0.1, 0.15) is 19.4 Å². The van der Waals surface area contributed by atoms with Gasteiger partial charge in [0.15, 0.2) is 0 Å². The summed E-state index contributed by atoms with van der Waals surface area (Å²) in [6, 6.07) is 3.69. The molecule has 1 aromatic carbocycles. The van der Waals surface area contributed by atoms with E-state index in [1.807, 2.05) is 6.07 Å². The topological polar surface area (TPSA) is 84.3 Å². The first kappa shape index (κ1) is 16.5. The van der Waals surface area contributed by atoms with Crippen LogP contribution in [0.25, 0.3) is 10.9 Å². The molecule has 6 heteroatoms. The Morgan fingerprint density at radius 2 is 1.79 bits per heavy atom. The summed E-state index contributed by atoms with van der Waals surface area (Å²) >= 11 is 0. The Bertz CT molecular complexity index is 809. The molecule has 0 aliphatic carbocycles. The Balaban J connectivity index is 1.90. The molecule has 0 saturated carbocycles. The highest BCUT2D eigenvalue weighted by atomic mass is 15.3. The van der Waals surface area contributed by atoms with Crippen molar-refractivity contribution in [2.45, 2.75) is 19.4 Å². The zero-order chi connectivity index (χ0) is 17.3. The van der Waals surface area contributed by atoms with Crippen LogP contribution in [0.3, 0.4) is 0 Å². The molecule has 2 aromatic rings. The van der Waals surface area contributed by atoms with Gasteiger partial charge in [-0.05, 0) is 33.0 Å². The number of fused-ring (bicyclic) bond motifs is 1. The first-order valence-corrected chi connectivity index (χ1v) is 8.13. The molecule has 0 unspecified atom stereocenters. The first-order valence-electron chi connectivity index (χ1n) is 8.13. The maximum absolute atomic E-state index is 6.15. The van der Waals surface area contributed by atoms with Gasteiger partial charge in [-0.25, -0.2) is 9.97 Å². The van der Waals surface area contributed by atoms with Crippen molar-refractivity contribution in [2.24, 2.45) is 0 Å². The molecule has 0 radical (unpaired) electrons. The molecule has 1 saturated heterocycles. The monoisotopic (exact) mass is 324 g/mol. The molecule has 1 aliphatic heterocycles. The molecule has 126 valence electrons. The summed E-state index contributed by atoms with van der Waals surface area (Å²) in [5.74, 6) is 7.06. The normalized spacial score (nSPS) is 16.8. The van der Waals surface area contributed by atoms with Crippen LogP contribution in [-0.2, 0) is 0 Å². The summed E-state index contributed by atoms with van der Waals surface area (Å²) < 4.78 is 0. The SMILES string of the molecule is CN1CCN(C(C)(C)C#Cc2cc3ncnc(N)c3cc2N)CC1. The second-order valence-corrected chi connectivity index (χ2v) is 6.81. The smallest absolute Gasteiger partial charge is 0.134 e. The predicted molar refractivity (Wildman–Crippen MR) is 98.4 cm³/mol. The van der Waals surface area contributed by atoms with Crippen molar-refractivity contribution in [1.82, 2.24) is 19.8 Å². The van der Waals surface area contributed by atoms with E-state index in [-0.39, 0.29) is 5.54 Å². The Morgan fingerprint density at radius 1 is 1.08 bits per heavy atom. The van der Waals surface area contributed by atoms with Crippen LogP contribution in [0.5, 0.6) is 0 Å². The van der Waals surface area contributed by atoms with E-state index in [4.69, 9.17) is 11.5 Å². The van der Waals surface area contributed by atoms with Crippen molar-refractivity contribution in [1.29, 1.82) is 0 Å². The Hall–Kier alpha value is -2.36. The van der Waals surface area contributed by atoms with Gasteiger partial charge in [0, 0.05) is 42.8 Å². The number of nitrogens with two attached hydrogens (primary N) is 2. The highest BCUT2D eigenvalue weighted by molar-refractivity contribution is 5.92. The van der Waals surface area contributed by atoms with Crippen LogP contribution in [0.15, 0.2) is 18.5 Å². The van der Waals surface area contributed by atoms with E-state index >= 15 is 0 Å². The van der Waals surface area contributed by atoms with E-state index in [2.05, 4.69) is 52.5 Å². The Labute approximate surface area is 142 Å². The van der Waals surface area contributed by atoms with E-state index in [1.54, 1.807) is 6.07 Å². The second kappa shape index (κ2) is 6.27. The number of aromatic nitrogens is 2. The average molecular weight is 324 g/mol. The molecule has 1 aliphatic rings. The molecule has 1 fully saturated rings. The minimum absolute atomic E-state index is 0.201. The maximum Gasteiger partial charge on any atom is 0.134 e. The molecule has 0 bridgehead atoms. The number of anilines is 2. The van der Waals surface area contributed by atoms with E-state index in [1.165, 1.54) is 6.33 Å². The highest BCUT2D eigenvalue weighted by Gasteiger charge is 2.27. The lowest BCUT2D eigenvalue weighted by atomic mass is 10.0. The van der Waals surface area contributed by atoms with Gasteiger partial charge in [-0.2, -0.15) is 0 Å². The minimum Gasteiger partial charge on any atom is -0.398 e. The number of nitrogen functional groups attached to an aromatic ring is 2. The molecule has 0 atom stereocenters. The third-order valence-electron chi connectivity index (χ3n) is 4.63. The molecule has 24 heavy (non-hydrogen) atoms. The van der Waals surface area contributed by atoms with Crippen molar-refractivity contribution in [3.63, 3.8) is 0 Å². The third kappa shape index (κ3) is 3.28. The summed E-state index contributed by atoms with van der Waals surface area (Å²) in [5, 5.41) is 0.763. The van der Waals surface area contributed by atoms with Gasteiger partial charge in [0.1, 0.15) is 12.1 Å². The standard InChI is InChI=1S/C18H24N6/c1-18(2,24-8-6-23(3)7-9-24)5-4-13-10-16-14(11-15(13)19)17(20)22-12-21-16/h10-12H,6-9,19H2,1-3H3,(H2,20,21,22). The summed E-state index contributed by atoms with van der Waals surface area (Å²) in [5.41, 5.74) is 14.0. The van der Waals surface area contributed by atoms with Gasteiger partial charge in [-0.1, -0.05) is 11.8 Å². The van der Waals surface area contributed by atoms with E-state index in [0.29, 0.717) is 11.5 Å². The molecule has 0 amide bonds. The Kier molecular flexibility index (Phi) is 4.31. The highest BCUT2D eigenvalue weighted by Crippen LogP contribution is 2.23. The van der Waals surface area contributed by atoms with E-state index in [9.17, 15) is 0 Å². The van der Waals surface area contributed by atoms with Gasteiger partial charge >= 0.3 is 0 Å². The molecule has 6 nitrogen and oxygen atoms in total. The molecular formula is C18H24N6. The summed E-state index contributed by atoms with van der Waals surface area (Å²) in [7, 11) is 2.15. The van der Waals surface area contributed by atoms with Crippen molar-refractivity contribution in [3.05, 3.63) is 24.0 Å². The molecule has 0 spiro atoms. The summed E-state index contributed by atoms with van der Waals surface area (Å²) in [6.07, 6.45) is 1.46. The van der Waals surface area contributed by atoms with Gasteiger partial charge in [0.2, 0.25) is 0 Å². The maximum atomic E-state index is 6.15. The van der Waals surface area contributed by atoms with Crippen molar-refractivity contribution in [3.8, 4) is 11.8 Å². The van der Waals surface area contributed by atoms with Crippen molar-refractivity contribution in [2.75, 3.05) is 44.7 Å². The summed E-state index contributed by atoms with van der Waals surface area (Å²) in [4.78, 5) is 13.0. The van der Waals surface area contributed by atoms with Crippen LogP contribution < -0.4 is 11.5 Å². The number of hydrogen-bond acceptors (Lipinski definition) is 6. The number of hydrogen-bond donors (Lipinski definition) is 2. The Morgan fingerprint density at radius 3 is 2.50 bits per heavy atom. The van der Waals surface area contributed by atoms with Gasteiger partial charge < -0.3 is 16.4 Å². The third-order valence-corrected chi connectivity index (χ3v) is 4.63. The number of benzene rings is 1. The van der Waals surface area contributed by atoms with Crippen molar-refractivity contribution < 1.29 is 0 Å². The van der Waals surface area contributed by atoms with E-state index < -0.39 is 0 Å². The van der Waals surface area contributed by atoms with Crippen LogP contribution in [0.2, 0.25) is 0 Å². The van der Waals surface area contributed by atoms with Gasteiger partial charge in [-0.15, -0.1) is 0 Å². The largest absolute Gasteiger partial charge is 0.398 e. The first-order chi connectivity index (χ1) is 11.4. The van der Waals surface area contributed by atoms with Gasteiger partial charge in [0.05, 0.1) is 11.1 Å². The molecule has 4 N–H and O–H groups in total. The van der Waals surface area contributed by atoms with E-state index in [0.717, 1.165) is 42.6 Å². The number of likely N-dealkylation sites (N-methyl/N-ethyl adjacent to an activating group) is 1. The predicted octanol–water partition coefficient (Wildman–Crippen LogP) is 1.17. The van der Waals surface area contributed by atoms with Crippen molar-refractivity contribution >= 4 is 22.4 Å². The zero-order valence-electron chi connectivity index (χ0n) is 14.5. The zero-order valence-corrected chi connectivity index (χ0v) is 14.5. The fraction of sp³-hybridized carbons (Fsp3) is 0.444. The molecule has 1 aromatic heterocycles. The fourth-order valence-corrected chi connectivity index (χ4v) is 2.91. The van der Waals surface area contributed by atoms with Crippen LogP contribution in [0.4, 0.5) is 11.5 Å². The van der Waals surface area contributed by atoms with Gasteiger partial charge in [-0.3, -0.25) is 4.90 Å². The molecule has 2 heterocycles. The van der Waals surface area contributed by atoms with Crippen LogP contribution in [0, 0.1) is 11.8 Å². The number of rotatable bonds is 1. The molecule has 3 rings (SSSR count). The minimum atomic E-state index is -0.201. The second-order valence-electron chi connectivity index (χ2n) is 6.81. The number of piperazine rings is 1. The lowest BCUT2D eigenvalue weighted by Crippen LogP contribution is -2.53. The lowest BCUT2D eigenvalue weighted by Gasteiger charge is -2.40. The van der Waals surface area contributed by atoms with Crippen LogP contribution in [-0.4, -0.2) is 58.5 Å². The summed E-state index contributed by atoms with van der Waals surface area (Å²) in [6.45, 7) is 8.49. The quantitative estimate of drug-likeness (QED) is 0.605. The average Bonchev–Trinajstić information content (AvgIpc) is 2.54. The molecular weight excluding hydrogens is 300 g/mol.